The van der Waals surface area contributed by atoms with Gasteiger partial charge in [-0.25, -0.2) is 0 Å². The average molecular weight is 473 g/mol. The van der Waals surface area contributed by atoms with Crippen molar-refractivity contribution in [3.63, 3.8) is 0 Å². The first-order valence-corrected chi connectivity index (χ1v) is 11.3. The smallest absolute Gasteiger partial charge is 0.247 e. The summed E-state index contributed by atoms with van der Waals surface area (Å²) in [5.74, 6) is 2.18. The van der Waals surface area contributed by atoms with E-state index in [1.165, 1.54) is 0 Å². The van der Waals surface area contributed by atoms with Crippen LogP contribution in [0, 0.1) is 0 Å². The van der Waals surface area contributed by atoms with Crippen LogP contribution in [0.15, 0.2) is 52.1 Å². The van der Waals surface area contributed by atoms with Gasteiger partial charge in [-0.3, -0.25) is 0 Å². The summed E-state index contributed by atoms with van der Waals surface area (Å²) < 4.78 is 12.9. The van der Waals surface area contributed by atoms with Crippen molar-refractivity contribution in [3.05, 3.63) is 52.5 Å². The molecule has 0 aliphatic carbocycles. The highest BCUT2D eigenvalue weighted by Gasteiger charge is 2.27. The third-order valence-corrected chi connectivity index (χ3v) is 6.10. The lowest BCUT2D eigenvalue weighted by molar-refractivity contribution is 0.223. The van der Waals surface area contributed by atoms with Crippen molar-refractivity contribution in [1.82, 2.24) is 15.2 Å². The van der Waals surface area contributed by atoms with Crippen LogP contribution >= 0.6 is 27.7 Å². The number of benzene rings is 2. The zero-order valence-corrected chi connectivity index (χ0v) is 18.6. The Morgan fingerprint density at radius 1 is 1.17 bits per heavy atom. The number of rotatable bonds is 6. The molecule has 8 heteroatoms. The minimum absolute atomic E-state index is 0.465. The van der Waals surface area contributed by atoms with E-state index < -0.39 is 6.23 Å². The third-order valence-electron chi connectivity index (χ3n) is 4.33. The Balaban J connectivity index is 1.79. The summed E-state index contributed by atoms with van der Waals surface area (Å²) in [6.07, 6.45) is 0.573. The van der Waals surface area contributed by atoms with Crippen molar-refractivity contribution < 1.29 is 9.47 Å². The Morgan fingerprint density at radius 2 is 2.03 bits per heavy atom. The first kappa shape index (κ1) is 20.0. The normalized spacial score (nSPS) is 14.8. The largest absolute Gasteiger partial charge is 0.494 e. The van der Waals surface area contributed by atoms with Crippen molar-refractivity contribution in [2.24, 2.45) is 0 Å². The van der Waals surface area contributed by atoms with Gasteiger partial charge in [-0.1, -0.05) is 52.8 Å². The predicted octanol–water partition coefficient (Wildman–Crippen LogP) is 5.71. The Labute approximate surface area is 182 Å². The molecule has 3 aromatic rings. The van der Waals surface area contributed by atoms with E-state index in [1.807, 2.05) is 49.4 Å². The van der Waals surface area contributed by atoms with Crippen molar-refractivity contribution >= 4 is 33.4 Å². The van der Waals surface area contributed by atoms with Crippen LogP contribution < -0.4 is 14.8 Å². The minimum atomic E-state index is -0.465. The second-order valence-electron chi connectivity index (χ2n) is 6.40. The van der Waals surface area contributed by atoms with Gasteiger partial charge < -0.3 is 14.8 Å². The molecule has 0 spiro atoms. The van der Waals surface area contributed by atoms with Crippen LogP contribution in [-0.4, -0.2) is 27.5 Å². The molecule has 1 aliphatic heterocycles. The molecule has 0 fully saturated rings. The lowest BCUT2D eigenvalue weighted by atomic mass is 10.1. The maximum atomic E-state index is 6.34. The van der Waals surface area contributed by atoms with Crippen molar-refractivity contribution in [1.29, 1.82) is 0 Å². The number of aromatic nitrogens is 3. The van der Waals surface area contributed by atoms with Gasteiger partial charge in [-0.05, 0) is 37.6 Å². The van der Waals surface area contributed by atoms with Crippen molar-refractivity contribution in [2.75, 3.05) is 17.7 Å². The highest BCUT2D eigenvalue weighted by Crippen LogP contribution is 2.41. The molecule has 0 radical (unpaired) electrons. The van der Waals surface area contributed by atoms with E-state index >= 15 is 0 Å². The van der Waals surface area contributed by atoms with Crippen LogP contribution in [0.5, 0.6) is 11.6 Å². The van der Waals surface area contributed by atoms with E-state index in [1.54, 1.807) is 11.8 Å². The van der Waals surface area contributed by atoms with Gasteiger partial charge in [0.15, 0.2) is 11.9 Å². The average Bonchev–Trinajstić information content (AvgIpc) is 2.90. The van der Waals surface area contributed by atoms with E-state index in [9.17, 15) is 0 Å². The number of ether oxygens (including phenoxy) is 2. The summed E-state index contributed by atoms with van der Waals surface area (Å²) in [6, 6.07) is 13.8. The molecule has 1 unspecified atom stereocenters. The van der Waals surface area contributed by atoms with Gasteiger partial charge in [0.25, 0.3) is 0 Å². The summed E-state index contributed by atoms with van der Waals surface area (Å²) in [4.78, 5) is 4.65. The van der Waals surface area contributed by atoms with Crippen LogP contribution in [0.25, 0.3) is 11.3 Å². The van der Waals surface area contributed by atoms with Crippen LogP contribution in [-0.2, 0) is 0 Å². The number of hydrogen-bond acceptors (Lipinski definition) is 7. The summed E-state index contributed by atoms with van der Waals surface area (Å²) >= 11 is 5.22. The Hall–Kier alpha value is -2.32. The number of anilines is 1. The number of halogens is 1. The fourth-order valence-electron chi connectivity index (χ4n) is 3.02. The molecule has 150 valence electrons. The second kappa shape index (κ2) is 9.00. The van der Waals surface area contributed by atoms with Crippen molar-refractivity contribution in [3.8, 4) is 22.9 Å². The quantitative estimate of drug-likeness (QED) is 0.460. The molecule has 1 aliphatic rings. The Morgan fingerprint density at radius 3 is 2.86 bits per heavy atom. The number of nitrogens with zero attached hydrogens (tertiary/aromatic N) is 3. The molecular weight excluding hydrogens is 452 g/mol. The van der Waals surface area contributed by atoms with Gasteiger partial charge in [0.1, 0.15) is 5.75 Å². The molecule has 0 amide bonds. The number of nitrogens with one attached hydrogen (secondary N) is 1. The topological polar surface area (TPSA) is 69.2 Å². The van der Waals surface area contributed by atoms with E-state index in [2.05, 4.69) is 43.4 Å². The van der Waals surface area contributed by atoms with Crippen LogP contribution in [0.4, 0.5) is 5.69 Å². The highest BCUT2D eigenvalue weighted by molar-refractivity contribution is 9.10. The molecule has 1 atom stereocenters. The summed E-state index contributed by atoms with van der Waals surface area (Å²) in [7, 11) is 0. The number of fused-ring (bicyclic) bond motifs is 3. The monoisotopic (exact) mass is 472 g/mol. The van der Waals surface area contributed by atoms with E-state index in [-0.39, 0.29) is 0 Å². The van der Waals surface area contributed by atoms with Gasteiger partial charge in [0.05, 0.1) is 6.61 Å². The molecule has 0 bridgehead atoms. The van der Waals surface area contributed by atoms with Crippen LogP contribution in [0.1, 0.15) is 32.1 Å². The SMILES string of the molecule is CCCSc1nnc2c(n1)OC(c1cc(OCC)ccc1Br)Nc1ccccc1-2. The molecular formula is C21H21BrN4O2S. The molecule has 0 saturated heterocycles. The zero-order valence-electron chi connectivity index (χ0n) is 16.2. The first-order chi connectivity index (χ1) is 14.2. The third kappa shape index (κ3) is 4.33. The lowest BCUT2D eigenvalue weighted by Crippen LogP contribution is -2.18. The standard InChI is InChI=1S/C21H21BrN4O2S/c1-3-11-29-21-24-20-18(25-26-21)14-7-5-6-8-17(14)23-19(28-20)15-12-13(27-4-2)9-10-16(15)22/h5-10,12,19,23H,3-4,11H2,1-2H3. The fraction of sp³-hybridized carbons (Fsp3) is 0.286. The Bertz CT molecular complexity index is 1020. The molecule has 1 N–H and O–H groups in total. The number of hydrogen-bond donors (Lipinski definition) is 1. The van der Waals surface area contributed by atoms with Crippen LogP contribution in [0.3, 0.4) is 0 Å². The highest BCUT2D eigenvalue weighted by atomic mass is 79.9. The van der Waals surface area contributed by atoms with Gasteiger partial charge in [-0.2, -0.15) is 4.98 Å². The van der Waals surface area contributed by atoms with Gasteiger partial charge in [0, 0.05) is 27.0 Å². The zero-order chi connectivity index (χ0) is 20.2. The molecule has 6 nitrogen and oxygen atoms in total. The summed E-state index contributed by atoms with van der Waals surface area (Å²) in [5, 5.41) is 12.8. The number of para-hydroxylation sites is 1. The van der Waals surface area contributed by atoms with Gasteiger partial charge >= 0.3 is 0 Å². The minimum Gasteiger partial charge on any atom is -0.494 e. The van der Waals surface area contributed by atoms with Crippen LogP contribution in [0.2, 0.25) is 0 Å². The van der Waals surface area contributed by atoms with E-state index in [4.69, 9.17) is 9.47 Å². The maximum Gasteiger partial charge on any atom is 0.247 e. The van der Waals surface area contributed by atoms with Gasteiger partial charge in [0.2, 0.25) is 11.0 Å². The summed E-state index contributed by atoms with van der Waals surface area (Å²) in [5.41, 5.74) is 3.37. The molecule has 1 aromatic heterocycles. The molecule has 2 heterocycles. The van der Waals surface area contributed by atoms with Crippen molar-refractivity contribution in [2.45, 2.75) is 31.7 Å². The molecule has 0 saturated carbocycles. The fourth-order valence-corrected chi connectivity index (χ4v) is 4.11. The number of thioether (sulfide) groups is 1. The lowest BCUT2D eigenvalue weighted by Gasteiger charge is -2.21. The predicted molar refractivity (Wildman–Crippen MR) is 119 cm³/mol. The molecule has 4 rings (SSSR count). The second-order valence-corrected chi connectivity index (χ2v) is 8.32. The molecule has 2 aromatic carbocycles. The maximum absolute atomic E-state index is 6.34. The first-order valence-electron chi connectivity index (χ1n) is 9.52. The Kier molecular flexibility index (Phi) is 6.20. The van der Waals surface area contributed by atoms with Gasteiger partial charge in [-0.15, -0.1) is 10.2 Å². The summed E-state index contributed by atoms with van der Waals surface area (Å²) in [6.45, 7) is 4.69. The molecule has 29 heavy (non-hydrogen) atoms. The van der Waals surface area contributed by atoms with E-state index in [0.717, 1.165) is 39.2 Å². The van der Waals surface area contributed by atoms with E-state index in [0.29, 0.717) is 23.3 Å².